The summed E-state index contributed by atoms with van der Waals surface area (Å²) in [5, 5.41) is -0.204. The van der Waals surface area contributed by atoms with Crippen LogP contribution in [-0.2, 0) is 4.74 Å². The van der Waals surface area contributed by atoms with Crippen molar-refractivity contribution in [3.8, 4) is 0 Å². The van der Waals surface area contributed by atoms with E-state index < -0.39 is 0 Å². The van der Waals surface area contributed by atoms with E-state index in [1.807, 2.05) is 39.0 Å². The molecule has 1 atom stereocenters. The van der Waals surface area contributed by atoms with Crippen LogP contribution >= 0.6 is 15.9 Å². The molecule has 0 aliphatic rings. The first-order valence-electron chi connectivity index (χ1n) is 4.97. The highest BCUT2D eigenvalue weighted by Gasteiger charge is 2.13. The minimum Gasteiger partial charge on any atom is -0.447 e. The molecule has 0 bridgehead atoms. The Morgan fingerprint density at radius 1 is 1.47 bits per heavy atom. The average Bonchev–Trinajstić information content (AvgIpc) is 2.21. The standard InChI is InChI=1S/C12H15BrO2/c1-4-11(13)15-12(14)10-7-8(2)5-6-9(10)3/h5-7,11H,4H2,1-3H3. The summed E-state index contributed by atoms with van der Waals surface area (Å²) in [5.74, 6) is -0.264. The van der Waals surface area contributed by atoms with Crippen LogP contribution in [0.15, 0.2) is 18.2 Å². The Balaban J connectivity index is 2.86. The van der Waals surface area contributed by atoms with Crippen molar-refractivity contribution in [2.24, 2.45) is 0 Å². The van der Waals surface area contributed by atoms with E-state index >= 15 is 0 Å². The van der Waals surface area contributed by atoms with E-state index in [9.17, 15) is 4.79 Å². The summed E-state index contributed by atoms with van der Waals surface area (Å²) in [4.78, 5) is 11.7. The van der Waals surface area contributed by atoms with Gasteiger partial charge >= 0.3 is 5.97 Å². The summed E-state index contributed by atoms with van der Waals surface area (Å²) >= 11 is 3.27. The number of carbonyl (C=O) groups is 1. The number of halogens is 1. The lowest BCUT2D eigenvalue weighted by molar-refractivity contribution is 0.0463. The second-order valence-electron chi connectivity index (χ2n) is 3.54. The number of hydrogen-bond acceptors (Lipinski definition) is 2. The van der Waals surface area contributed by atoms with Crippen LogP contribution in [0, 0.1) is 13.8 Å². The van der Waals surface area contributed by atoms with Gasteiger partial charge in [-0.25, -0.2) is 4.79 Å². The predicted octanol–water partition coefficient (Wildman–Crippen LogP) is 3.59. The molecule has 0 aromatic heterocycles. The largest absolute Gasteiger partial charge is 0.447 e. The highest BCUT2D eigenvalue weighted by molar-refractivity contribution is 9.09. The van der Waals surface area contributed by atoms with Gasteiger partial charge in [-0.15, -0.1) is 0 Å². The zero-order chi connectivity index (χ0) is 11.4. The molecule has 15 heavy (non-hydrogen) atoms. The molecule has 2 nitrogen and oxygen atoms in total. The Morgan fingerprint density at radius 2 is 2.13 bits per heavy atom. The number of rotatable bonds is 3. The van der Waals surface area contributed by atoms with Gasteiger partial charge in [-0.3, -0.25) is 0 Å². The van der Waals surface area contributed by atoms with Gasteiger partial charge in [0.05, 0.1) is 5.56 Å². The first kappa shape index (κ1) is 12.2. The zero-order valence-electron chi connectivity index (χ0n) is 9.21. The third kappa shape index (κ3) is 3.34. The van der Waals surface area contributed by atoms with Crippen LogP contribution < -0.4 is 0 Å². The van der Waals surface area contributed by atoms with Crippen molar-refractivity contribution in [1.82, 2.24) is 0 Å². The van der Waals surface area contributed by atoms with Crippen molar-refractivity contribution in [3.05, 3.63) is 34.9 Å². The summed E-state index contributed by atoms with van der Waals surface area (Å²) in [5.41, 5.74) is 2.66. The molecular formula is C12H15BrO2. The van der Waals surface area contributed by atoms with Gasteiger partial charge in [-0.2, -0.15) is 0 Å². The van der Waals surface area contributed by atoms with E-state index in [2.05, 4.69) is 15.9 Å². The molecule has 3 heteroatoms. The molecule has 0 saturated heterocycles. The van der Waals surface area contributed by atoms with Crippen LogP contribution in [0.1, 0.15) is 34.8 Å². The fourth-order valence-corrected chi connectivity index (χ4v) is 1.39. The number of hydrogen-bond donors (Lipinski definition) is 0. The molecule has 0 aliphatic heterocycles. The summed E-state index contributed by atoms with van der Waals surface area (Å²) in [7, 11) is 0. The van der Waals surface area contributed by atoms with E-state index in [4.69, 9.17) is 4.74 Å². The molecule has 0 amide bonds. The van der Waals surface area contributed by atoms with Crippen LogP contribution in [0.5, 0.6) is 0 Å². The van der Waals surface area contributed by atoms with Crippen LogP contribution in [0.4, 0.5) is 0 Å². The normalized spacial score (nSPS) is 12.3. The van der Waals surface area contributed by atoms with Crippen LogP contribution in [0.2, 0.25) is 0 Å². The van der Waals surface area contributed by atoms with Gasteiger partial charge in [0.25, 0.3) is 0 Å². The minimum absolute atomic E-state index is 0.204. The molecule has 1 unspecified atom stereocenters. The lowest BCUT2D eigenvalue weighted by Crippen LogP contribution is -2.12. The first-order valence-corrected chi connectivity index (χ1v) is 5.88. The lowest BCUT2D eigenvalue weighted by atomic mass is 10.1. The third-order valence-electron chi connectivity index (χ3n) is 2.17. The smallest absolute Gasteiger partial charge is 0.339 e. The maximum Gasteiger partial charge on any atom is 0.339 e. The van der Waals surface area contributed by atoms with Crippen molar-refractivity contribution < 1.29 is 9.53 Å². The number of benzene rings is 1. The molecule has 0 heterocycles. The molecule has 0 aliphatic carbocycles. The molecule has 1 aromatic rings. The van der Waals surface area contributed by atoms with E-state index in [0.29, 0.717) is 5.56 Å². The summed E-state index contributed by atoms with van der Waals surface area (Å²) in [6.07, 6.45) is 0.761. The Labute approximate surface area is 98.8 Å². The molecule has 0 N–H and O–H groups in total. The van der Waals surface area contributed by atoms with Crippen molar-refractivity contribution >= 4 is 21.9 Å². The van der Waals surface area contributed by atoms with E-state index in [1.54, 1.807) is 0 Å². The Bertz CT molecular complexity index is 361. The van der Waals surface area contributed by atoms with Crippen molar-refractivity contribution in [2.45, 2.75) is 32.2 Å². The van der Waals surface area contributed by atoms with E-state index in [-0.39, 0.29) is 11.0 Å². The fraction of sp³-hybridized carbons (Fsp3) is 0.417. The maximum absolute atomic E-state index is 11.7. The van der Waals surface area contributed by atoms with Crippen LogP contribution in [0.3, 0.4) is 0 Å². The maximum atomic E-state index is 11.7. The van der Waals surface area contributed by atoms with Crippen LogP contribution in [-0.4, -0.2) is 11.0 Å². The third-order valence-corrected chi connectivity index (χ3v) is 3.00. The molecule has 0 spiro atoms. The van der Waals surface area contributed by atoms with Gasteiger partial charge in [0, 0.05) is 0 Å². The topological polar surface area (TPSA) is 26.3 Å². The van der Waals surface area contributed by atoms with Gasteiger partial charge in [-0.1, -0.05) is 24.6 Å². The number of esters is 1. The van der Waals surface area contributed by atoms with Gasteiger partial charge in [0.1, 0.15) is 0 Å². The monoisotopic (exact) mass is 270 g/mol. The highest BCUT2D eigenvalue weighted by Crippen LogP contribution is 2.15. The minimum atomic E-state index is -0.264. The van der Waals surface area contributed by atoms with E-state index in [0.717, 1.165) is 17.5 Å². The Hall–Kier alpha value is -0.830. The van der Waals surface area contributed by atoms with Crippen LogP contribution in [0.25, 0.3) is 0 Å². The molecule has 0 fully saturated rings. The summed E-state index contributed by atoms with van der Waals surface area (Å²) in [6, 6.07) is 5.77. The molecule has 0 radical (unpaired) electrons. The number of alkyl halides is 1. The van der Waals surface area contributed by atoms with Crippen molar-refractivity contribution in [2.75, 3.05) is 0 Å². The SMILES string of the molecule is CCC(Br)OC(=O)c1cc(C)ccc1C. The van der Waals surface area contributed by atoms with Crippen molar-refractivity contribution in [1.29, 1.82) is 0 Å². The predicted molar refractivity (Wildman–Crippen MR) is 64.3 cm³/mol. The molecule has 82 valence electrons. The van der Waals surface area contributed by atoms with E-state index in [1.165, 1.54) is 0 Å². The van der Waals surface area contributed by atoms with Gasteiger partial charge in [0.15, 0.2) is 5.01 Å². The van der Waals surface area contributed by atoms with Gasteiger partial charge in [-0.05, 0) is 47.8 Å². The number of ether oxygens (including phenoxy) is 1. The molecular weight excluding hydrogens is 256 g/mol. The summed E-state index contributed by atoms with van der Waals surface area (Å²) in [6.45, 7) is 5.82. The average molecular weight is 271 g/mol. The van der Waals surface area contributed by atoms with Crippen molar-refractivity contribution in [3.63, 3.8) is 0 Å². The summed E-state index contributed by atoms with van der Waals surface area (Å²) < 4.78 is 5.20. The molecule has 0 saturated carbocycles. The Kier molecular flexibility index (Phi) is 4.33. The highest BCUT2D eigenvalue weighted by atomic mass is 79.9. The molecule has 1 rings (SSSR count). The Morgan fingerprint density at radius 3 is 2.73 bits per heavy atom. The quantitative estimate of drug-likeness (QED) is 0.620. The second-order valence-corrected chi connectivity index (χ2v) is 4.56. The van der Waals surface area contributed by atoms with Gasteiger partial charge in [0.2, 0.25) is 0 Å². The second kappa shape index (κ2) is 5.31. The number of carbonyl (C=O) groups excluding carboxylic acids is 1. The first-order chi connectivity index (χ1) is 7.04. The fourth-order valence-electron chi connectivity index (χ4n) is 1.22. The van der Waals surface area contributed by atoms with Gasteiger partial charge < -0.3 is 4.74 Å². The number of aryl methyl sites for hydroxylation is 2. The molecule has 1 aromatic carbocycles. The lowest BCUT2D eigenvalue weighted by Gasteiger charge is -2.11. The zero-order valence-corrected chi connectivity index (χ0v) is 10.8.